The third kappa shape index (κ3) is 1.12. The van der Waals surface area contributed by atoms with Gasteiger partial charge < -0.3 is 20.4 Å². The number of rotatable bonds is 2. The second kappa shape index (κ2) is 3.23. The van der Waals surface area contributed by atoms with E-state index in [1.54, 1.807) is 0 Å². The molecule has 0 saturated carbocycles. The van der Waals surface area contributed by atoms with E-state index in [0.29, 0.717) is 9.80 Å². The van der Waals surface area contributed by atoms with Gasteiger partial charge >= 0.3 is 6.03 Å². The third-order valence-corrected chi connectivity index (χ3v) is 1.70. The first kappa shape index (κ1) is 9.20. The molecule has 2 amide bonds. The van der Waals surface area contributed by atoms with E-state index in [9.17, 15) is 4.79 Å². The zero-order chi connectivity index (χ0) is 9.30. The molecule has 0 bridgehead atoms. The summed E-state index contributed by atoms with van der Waals surface area (Å²) in [5, 5.41) is 35.3. The number of aliphatic hydroxyl groups is 4. The molecule has 1 saturated heterocycles. The van der Waals surface area contributed by atoms with E-state index in [1.165, 1.54) is 0 Å². The minimum absolute atomic E-state index is 0.626. The van der Waals surface area contributed by atoms with Crippen molar-refractivity contribution in [2.24, 2.45) is 0 Å². The molecule has 12 heavy (non-hydrogen) atoms. The first-order valence-corrected chi connectivity index (χ1v) is 3.28. The van der Waals surface area contributed by atoms with Gasteiger partial charge in [-0.25, -0.2) is 4.79 Å². The molecule has 0 radical (unpaired) electrons. The van der Waals surface area contributed by atoms with Crippen LogP contribution < -0.4 is 0 Å². The molecule has 1 aliphatic rings. The maximum absolute atomic E-state index is 11.0. The van der Waals surface area contributed by atoms with Crippen LogP contribution in [0.3, 0.4) is 0 Å². The quantitative estimate of drug-likeness (QED) is 0.367. The second-order valence-electron chi connectivity index (χ2n) is 2.33. The zero-order valence-corrected chi connectivity index (χ0v) is 6.16. The van der Waals surface area contributed by atoms with Crippen LogP contribution in [0.25, 0.3) is 0 Å². The van der Waals surface area contributed by atoms with Crippen molar-refractivity contribution in [1.82, 2.24) is 9.80 Å². The Morgan fingerprint density at radius 2 is 1.42 bits per heavy atom. The van der Waals surface area contributed by atoms with Crippen molar-refractivity contribution < 1.29 is 25.2 Å². The summed E-state index contributed by atoms with van der Waals surface area (Å²) in [4.78, 5) is 12.3. The summed E-state index contributed by atoms with van der Waals surface area (Å²) in [6, 6.07) is -0.806. The lowest BCUT2D eigenvalue weighted by atomic mass is 10.5. The number of carbonyl (C=O) groups is 1. The van der Waals surface area contributed by atoms with E-state index in [2.05, 4.69) is 0 Å². The van der Waals surface area contributed by atoms with Crippen LogP contribution in [0.2, 0.25) is 0 Å². The SMILES string of the molecule is O=C1N(CO)[C@H](O)[C@H](O)N1CO. The van der Waals surface area contributed by atoms with Crippen LogP contribution >= 0.6 is 0 Å². The molecular formula is C5H10N2O5. The molecule has 7 heteroatoms. The van der Waals surface area contributed by atoms with Crippen molar-refractivity contribution in [2.75, 3.05) is 13.5 Å². The van der Waals surface area contributed by atoms with Gasteiger partial charge in [-0.15, -0.1) is 0 Å². The molecule has 1 rings (SSSR count). The molecule has 1 fully saturated rings. The maximum Gasteiger partial charge on any atom is 0.328 e. The highest BCUT2D eigenvalue weighted by Gasteiger charge is 2.43. The minimum atomic E-state index is -1.49. The predicted molar refractivity (Wildman–Crippen MR) is 35.3 cm³/mol. The smallest absolute Gasteiger partial charge is 0.328 e. The van der Waals surface area contributed by atoms with Crippen LogP contribution in [0, 0.1) is 0 Å². The van der Waals surface area contributed by atoms with Crippen molar-refractivity contribution in [3.8, 4) is 0 Å². The number of aliphatic hydroxyl groups excluding tert-OH is 4. The van der Waals surface area contributed by atoms with E-state index in [1.807, 2.05) is 0 Å². The van der Waals surface area contributed by atoms with Gasteiger partial charge in [-0.1, -0.05) is 0 Å². The van der Waals surface area contributed by atoms with Gasteiger partial charge in [0.1, 0.15) is 13.5 Å². The van der Waals surface area contributed by atoms with Crippen LogP contribution in [0.15, 0.2) is 0 Å². The molecule has 1 heterocycles. The van der Waals surface area contributed by atoms with Crippen LogP contribution in [0.5, 0.6) is 0 Å². The van der Waals surface area contributed by atoms with Gasteiger partial charge in [0, 0.05) is 0 Å². The summed E-state index contributed by atoms with van der Waals surface area (Å²) < 4.78 is 0. The number of nitrogens with zero attached hydrogens (tertiary/aromatic N) is 2. The van der Waals surface area contributed by atoms with Crippen LogP contribution in [-0.2, 0) is 0 Å². The number of amides is 2. The van der Waals surface area contributed by atoms with Gasteiger partial charge in [0.05, 0.1) is 0 Å². The Labute approximate surface area is 68.1 Å². The van der Waals surface area contributed by atoms with E-state index < -0.39 is 31.9 Å². The molecule has 0 aromatic rings. The van der Waals surface area contributed by atoms with Crippen LogP contribution in [0.1, 0.15) is 0 Å². The highest BCUT2D eigenvalue weighted by Crippen LogP contribution is 2.17. The Morgan fingerprint density at radius 1 is 1.08 bits per heavy atom. The number of hydrogen-bond acceptors (Lipinski definition) is 5. The number of carbonyl (C=O) groups excluding carboxylic acids is 1. The van der Waals surface area contributed by atoms with Crippen LogP contribution in [-0.4, -0.2) is 62.2 Å². The fourth-order valence-corrected chi connectivity index (χ4v) is 1.00. The van der Waals surface area contributed by atoms with Gasteiger partial charge in [-0.05, 0) is 0 Å². The molecular weight excluding hydrogens is 168 g/mol. The van der Waals surface area contributed by atoms with Crippen molar-refractivity contribution in [3.05, 3.63) is 0 Å². The predicted octanol–water partition coefficient (Wildman–Crippen LogP) is -2.74. The number of hydrogen-bond donors (Lipinski definition) is 4. The first-order chi connectivity index (χ1) is 5.63. The lowest BCUT2D eigenvalue weighted by Crippen LogP contribution is -2.37. The molecule has 7 nitrogen and oxygen atoms in total. The van der Waals surface area contributed by atoms with E-state index in [4.69, 9.17) is 20.4 Å². The third-order valence-electron chi connectivity index (χ3n) is 1.70. The number of urea groups is 1. The summed E-state index contributed by atoms with van der Waals surface area (Å²) in [7, 11) is 0. The molecule has 0 aliphatic carbocycles. The summed E-state index contributed by atoms with van der Waals surface area (Å²) >= 11 is 0. The standard InChI is InChI=1S/C5H10N2O5/c8-1-6-3(10)4(11)7(2-9)5(6)12/h3-4,8-11H,1-2H2/t3-,4+. The Hall–Kier alpha value is -0.890. The average molecular weight is 178 g/mol. The first-order valence-electron chi connectivity index (χ1n) is 3.28. The van der Waals surface area contributed by atoms with Gasteiger partial charge in [-0.2, -0.15) is 0 Å². The molecule has 0 aromatic heterocycles. The van der Waals surface area contributed by atoms with E-state index in [-0.39, 0.29) is 0 Å². The zero-order valence-electron chi connectivity index (χ0n) is 6.16. The molecule has 2 atom stereocenters. The molecule has 1 aliphatic heterocycles. The normalized spacial score (nSPS) is 30.2. The molecule has 4 N–H and O–H groups in total. The lowest BCUT2D eigenvalue weighted by molar-refractivity contribution is -0.0924. The van der Waals surface area contributed by atoms with Crippen molar-refractivity contribution in [2.45, 2.75) is 12.5 Å². The molecule has 0 unspecified atom stereocenters. The molecule has 0 aromatic carbocycles. The van der Waals surface area contributed by atoms with Gasteiger partial charge in [0.15, 0.2) is 12.5 Å². The largest absolute Gasteiger partial charge is 0.376 e. The Bertz CT molecular complexity index is 169. The van der Waals surface area contributed by atoms with Crippen LogP contribution in [0.4, 0.5) is 4.79 Å². The Kier molecular flexibility index (Phi) is 2.48. The summed E-state index contributed by atoms with van der Waals surface area (Å²) in [5.74, 6) is 0. The Morgan fingerprint density at radius 3 is 1.58 bits per heavy atom. The fraction of sp³-hybridized carbons (Fsp3) is 0.800. The average Bonchev–Trinajstić information content (AvgIpc) is 2.25. The van der Waals surface area contributed by atoms with Gasteiger partial charge in [0.25, 0.3) is 0 Å². The van der Waals surface area contributed by atoms with Gasteiger partial charge in [0.2, 0.25) is 0 Å². The van der Waals surface area contributed by atoms with E-state index >= 15 is 0 Å². The highest BCUT2D eigenvalue weighted by atomic mass is 16.4. The van der Waals surface area contributed by atoms with Crippen molar-refractivity contribution in [3.63, 3.8) is 0 Å². The maximum atomic E-state index is 11.0. The lowest BCUT2D eigenvalue weighted by Gasteiger charge is -2.15. The summed E-state index contributed by atoms with van der Waals surface area (Å²) in [6.07, 6.45) is -2.98. The van der Waals surface area contributed by atoms with Crippen molar-refractivity contribution in [1.29, 1.82) is 0 Å². The summed E-state index contributed by atoms with van der Waals surface area (Å²) in [5.41, 5.74) is 0. The monoisotopic (exact) mass is 178 g/mol. The highest BCUT2D eigenvalue weighted by molar-refractivity contribution is 5.76. The van der Waals surface area contributed by atoms with Gasteiger partial charge in [-0.3, -0.25) is 9.80 Å². The van der Waals surface area contributed by atoms with Crippen molar-refractivity contribution >= 4 is 6.03 Å². The topological polar surface area (TPSA) is 104 Å². The summed E-state index contributed by atoms with van der Waals surface area (Å²) in [6.45, 7) is -1.40. The molecule has 70 valence electrons. The molecule has 0 spiro atoms. The fourth-order valence-electron chi connectivity index (χ4n) is 1.00. The van der Waals surface area contributed by atoms with E-state index in [0.717, 1.165) is 0 Å². The minimum Gasteiger partial charge on any atom is -0.376 e. The Balaban J connectivity index is 2.78. The second-order valence-corrected chi connectivity index (χ2v) is 2.33.